The average molecular weight is 287 g/mol. The summed E-state index contributed by atoms with van der Waals surface area (Å²) in [6, 6.07) is 2.30. The average Bonchev–Trinajstić information content (AvgIpc) is 2.50. The van der Waals surface area contributed by atoms with Gasteiger partial charge >= 0.3 is 0 Å². The lowest BCUT2D eigenvalue weighted by Crippen LogP contribution is -2.50. The first-order chi connectivity index (χ1) is 10.3. The van der Waals surface area contributed by atoms with Crippen LogP contribution in [0.4, 0.5) is 0 Å². The molecular weight excluding hydrogens is 262 g/mol. The molecule has 4 bridgehead atoms. The van der Waals surface area contributed by atoms with Gasteiger partial charge in [-0.3, -0.25) is 16.3 Å². The lowest BCUT2D eigenvalue weighted by molar-refractivity contribution is -0.0526. The Kier molecular flexibility index (Phi) is 3.38. The van der Waals surface area contributed by atoms with E-state index >= 15 is 0 Å². The van der Waals surface area contributed by atoms with E-state index in [4.69, 9.17) is 10.6 Å². The van der Waals surface area contributed by atoms with Gasteiger partial charge in [0.25, 0.3) is 0 Å². The molecule has 4 saturated carbocycles. The summed E-state index contributed by atoms with van der Waals surface area (Å²) in [6.45, 7) is 0. The Hall–Kier alpha value is -1.13. The molecule has 0 saturated heterocycles. The quantitative estimate of drug-likeness (QED) is 0.660. The van der Waals surface area contributed by atoms with Crippen LogP contribution in [0.3, 0.4) is 0 Å². The first-order valence-electron chi connectivity index (χ1n) is 8.23. The lowest BCUT2D eigenvalue weighted by Gasteiger charge is -2.56. The van der Waals surface area contributed by atoms with Crippen molar-refractivity contribution in [2.24, 2.45) is 35.4 Å². The standard InChI is InChI=1S/C17H25N3O/c1-21-15-7-14(8-19-9-15)17(20-18)16-12-3-10-2-11(5-12)6-13(16)4-10/h7-13,16-17,20H,2-6,18H2,1H3. The molecule has 21 heavy (non-hydrogen) atoms. The largest absolute Gasteiger partial charge is 0.495 e. The van der Waals surface area contributed by atoms with Gasteiger partial charge in [0.2, 0.25) is 0 Å². The van der Waals surface area contributed by atoms with E-state index in [0.717, 1.165) is 29.4 Å². The highest BCUT2D eigenvalue weighted by Crippen LogP contribution is 2.59. The second-order valence-electron chi connectivity index (χ2n) is 7.31. The number of hydrogen-bond acceptors (Lipinski definition) is 4. The number of rotatable bonds is 4. The Morgan fingerprint density at radius 2 is 1.81 bits per heavy atom. The fraction of sp³-hybridized carbons (Fsp3) is 0.706. The number of nitrogens with zero attached hydrogens (tertiary/aromatic N) is 1. The third-order valence-electron chi connectivity index (χ3n) is 6.19. The molecular formula is C17H25N3O. The van der Waals surface area contributed by atoms with Crippen LogP contribution >= 0.6 is 0 Å². The highest BCUT2D eigenvalue weighted by atomic mass is 16.5. The highest BCUT2D eigenvalue weighted by Gasteiger charge is 2.50. The van der Waals surface area contributed by atoms with Crippen molar-refractivity contribution in [3.05, 3.63) is 24.0 Å². The first-order valence-corrected chi connectivity index (χ1v) is 8.23. The molecule has 5 rings (SSSR count). The number of ether oxygens (including phenoxy) is 1. The van der Waals surface area contributed by atoms with Crippen molar-refractivity contribution >= 4 is 0 Å². The SMILES string of the molecule is COc1cncc(C(NN)C2C3CC4CC(C3)CC2C4)c1. The number of hydrogen-bond donors (Lipinski definition) is 2. The van der Waals surface area contributed by atoms with Crippen molar-refractivity contribution < 1.29 is 4.74 Å². The maximum atomic E-state index is 5.96. The summed E-state index contributed by atoms with van der Waals surface area (Å²) in [5, 5.41) is 0. The van der Waals surface area contributed by atoms with Crippen LogP contribution in [0.5, 0.6) is 5.75 Å². The second kappa shape index (κ2) is 5.25. The van der Waals surface area contributed by atoms with Gasteiger partial charge < -0.3 is 4.74 Å². The summed E-state index contributed by atoms with van der Waals surface area (Å²) < 4.78 is 5.32. The molecule has 3 N–H and O–H groups in total. The summed E-state index contributed by atoms with van der Waals surface area (Å²) in [6.07, 6.45) is 10.8. The highest BCUT2D eigenvalue weighted by molar-refractivity contribution is 5.27. The molecule has 4 heteroatoms. The monoisotopic (exact) mass is 287 g/mol. The smallest absolute Gasteiger partial charge is 0.137 e. The fourth-order valence-electron chi connectivity index (χ4n) is 5.66. The van der Waals surface area contributed by atoms with Crippen LogP contribution in [0, 0.1) is 29.6 Å². The van der Waals surface area contributed by atoms with E-state index in [1.165, 1.54) is 37.7 Å². The van der Waals surface area contributed by atoms with E-state index in [0.29, 0.717) is 5.92 Å². The van der Waals surface area contributed by atoms with Crippen molar-refractivity contribution in [3.63, 3.8) is 0 Å². The van der Waals surface area contributed by atoms with Crippen LogP contribution in [0.1, 0.15) is 43.7 Å². The number of hydrazine groups is 1. The molecule has 0 aromatic carbocycles. The Balaban J connectivity index is 1.63. The molecule has 114 valence electrons. The van der Waals surface area contributed by atoms with Crippen molar-refractivity contribution in [1.29, 1.82) is 0 Å². The van der Waals surface area contributed by atoms with Crippen LogP contribution < -0.4 is 16.0 Å². The molecule has 1 aromatic rings. The molecule has 1 heterocycles. The predicted octanol–water partition coefficient (Wildman–Crippen LogP) is 2.67. The first kappa shape index (κ1) is 13.5. The summed E-state index contributed by atoms with van der Waals surface area (Å²) in [5.41, 5.74) is 4.28. The van der Waals surface area contributed by atoms with Crippen molar-refractivity contribution in [2.75, 3.05) is 7.11 Å². The maximum absolute atomic E-state index is 5.96. The summed E-state index contributed by atoms with van der Waals surface area (Å²) >= 11 is 0. The van der Waals surface area contributed by atoms with E-state index in [-0.39, 0.29) is 6.04 Å². The molecule has 0 radical (unpaired) electrons. The second-order valence-corrected chi connectivity index (χ2v) is 7.31. The van der Waals surface area contributed by atoms with Crippen LogP contribution in [-0.2, 0) is 0 Å². The molecule has 4 aliphatic carbocycles. The van der Waals surface area contributed by atoms with Gasteiger partial charge in [0.15, 0.2) is 0 Å². The van der Waals surface area contributed by atoms with E-state index in [1.54, 1.807) is 13.3 Å². The van der Waals surface area contributed by atoms with Crippen LogP contribution in [0.15, 0.2) is 18.5 Å². The molecule has 0 amide bonds. The normalized spacial score (nSPS) is 38.5. The Labute approximate surface area is 126 Å². The van der Waals surface area contributed by atoms with E-state index in [1.807, 2.05) is 6.20 Å². The maximum Gasteiger partial charge on any atom is 0.137 e. The van der Waals surface area contributed by atoms with E-state index in [2.05, 4.69) is 16.5 Å². The Bertz CT molecular complexity index is 491. The van der Waals surface area contributed by atoms with Gasteiger partial charge in [0.05, 0.1) is 19.3 Å². The van der Waals surface area contributed by atoms with Gasteiger partial charge in [-0.15, -0.1) is 0 Å². The van der Waals surface area contributed by atoms with Crippen molar-refractivity contribution in [3.8, 4) is 5.75 Å². The van der Waals surface area contributed by atoms with Gasteiger partial charge in [-0.2, -0.15) is 0 Å². The minimum absolute atomic E-state index is 0.211. The number of nitrogens with two attached hydrogens (primary N) is 1. The number of nitrogens with one attached hydrogen (secondary N) is 1. The molecule has 1 atom stereocenters. The minimum atomic E-state index is 0.211. The lowest BCUT2D eigenvalue weighted by atomic mass is 9.50. The summed E-state index contributed by atoms with van der Waals surface area (Å²) in [7, 11) is 1.69. The van der Waals surface area contributed by atoms with Gasteiger partial charge in [-0.05, 0) is 73.3 Å². The minimum Gasteiger partial charge on any atom is -0.495 e. The number of aromatic nitrogens is 1. The molecule has 1 unspecified atom stereocenters. The summed E-state index contributed by atoms with van der Waals surface area (Å²) in [5.74, 6) is 11.1. The molecule has 0 spiro atoms. The third-order valence-corrected chi connectivity index (χ3v) is 6.19. The Morgan fingerprint density at radius 1 is 1.14 bits per heavy atom. The molecule has 4 fully saturated rings. The van der Waals surface area contributed by atoms with E-state index in [9.17, 15) is 0 Å². The molecule has 0 aliphatic heterocycles. The van der Waals surface area contributed by atoms with Crippen LogP contribution in [0.2, 0.25) is 0 Å². The van der Waals surface area contributed by atoms with E-state index < -0.39 is 0 Å². The van der Waals surface area contributed by atoms with Gasteiger partial charge in [-0.1, -0.05) is 0 Å². The van der Waals surface area contributed by atoms with Gasteiger partial charge in [-0.25, -0.2) is 0 Å². The van der Waals surface area contributed by atoms with Crippen LogP contribution in [-0.4, -0.2) is 12.1 Å². The van der Waals surface area contributed by atoms with Gasteiger partial charge in [0.1, 0.15) is 5.75 Å². The number of pyridine rings is 1. The fourth-order valence-corrected chi connectivity index (χ4v) is 5.66. The van der Waals surface area contributed by atoms with Gasteiger partial charge in [0, 0.05) is 6.20 Å². The Morgan fingerprint density at radius 3 is 2.38 bits per heavy atom. The zero-order valence-corrected chi connectivity index (χ0v) is 12.7. The zero-order valence-electron chi connectivity index (χ0n) is 12.7. The molecule has 4 aliphatic rings. The zero-order chi connectivity index (χ0) is 14.4. The molecule has 1 aromatic heterocycles. The predicted molar refractivity (Wildman–Crippen MR) is 81.4 cm³/mol. The van der Waals surface area contributed by atoms with Crippen LogP contribution in [0.25, 0.3) is 0 Å². The number of methoxy groups -OCH3 is 1. The van der Waals surface area contributed by atoms with Crippen molar-refractivity contribution in [1.82, 2.24) is 10.4 Å². The molecule has 4 nitrogen and oxygen atoms in total. The topological polar surface area (TPSA) is 60.2 Å². The van der Waals surface area contributed by atoms with Crippen molar-refractivity contribution in [2.45, 2.75) is 38.1 Å². The third kappa shape index (κ3) is 2.25. The summed E-state index contributed by atoms with van der Waals surface area (Å²) in [4.78, 5) is 4.32.